The molecule has 0 saturated heterocycles. The zero-order chi connectivity index (χ0) is 16.4. The molecule has 2 rings (SSSR count). The number of anilines is 1. The Kier molecular flexibility index (Phi) is 4.42. The first-order valence-corrected chi connectivity index (χ1v) is 8.34. The molecule has 0 aliphatic rings. The molecule has 0 saturated carbocycles. The molecule has 1 heterocycles. The normalized spacial score (nSPS) is 12.0. The summed E-state index contributed by atoms with van der Waals surface area (Å²) in [5, 5.41) is 0. The third-order valence-corrected chi connectivity index (χ3v) is 4.58. The van der Waals surface area contributed by atoms with E-state index in [4.69, 9.17) is 4.74 Å². The van der Waals surface area contributed by atoms with Crippen LogP contribution in [0.1, 0.15) is 26.3 Å². The molecule has 1 aromatic heterocycles. The summed E-state index contributed by atoms with van der Waals surface area (Å²) >= 11 is 0. The highest BCUT2D eigenvalue weighted by Gasteiger charge is 2.23. The van der Waals surface area contributed by atoms with Gasteiger partial charge in [-0.05, 0) is 35.7 Å². The minimum Gasteiger partial charge on any atom is -0.496 e. The SMILES string of the molecule is COc1ccc(S(=O)(=O)Nc2cccnc2)cc1C(C)(C)C. The van der Waals surface area contributed by atoms with E-state index in [0.29, 0.717) is 11.4 Å². The van der Waals surface area contributed by atoms with Gasteiger partial charge in [0.2, 0.25) is 0 Å². The second-order valence-electron chi connectivity index (χ2n) is 5.96. The highest BCUT2D eigenvalue weighted by atomic mass is 32.2. The van der Waals surface area contributed by atoms with Crippen molar-refractivity contribution in [1.82, 2.24) is 4.98 Å². The van der Waals surface area contributed by atoms with Crippen LogP contribution in [0.4, 0.5) is 5.69 Å². The van der Waals surface area contributed by atoms with Crippen LogP contribution in [0, 0.1) is 0 Å². The van der Waals surface area contributed by atoms with E-state index in [9.17, 15) is 8.42 Å². The summed E-state index contributed by atoms with van der Waals surface area (Å²) in [5.41, 5.74) is 1.03. The first-order chi connectivity index (χ1) is 10.2. The summed E-state index contributed by atoms with van der Waals surface area (Å²) < 4.78 is 32.9. The van der Waals surface area contributed by atoms with Gasteiger partial charge in [0, 0.05) is 11.8 Å². The topological polar surface area (TPSA) is 68.3 Å². The Labute approximate surface area is 131 Å². The summed E-state index contributed by atoms with van der Waals surface area (Å²) in [7, 11) is -2.09. The van der Waals surface area contributed by atoms with E-state index in [1.54, 1.807) is 37.6 Å². The van der Waals surface area contributed by atoms with E-state index in [1.807, 2.05) is 20.8 Å². The van der Waals surface area contributed by atoms with Crippen LogP contribution in [0.25, 0.3) is 0 Å². The van der Waals surface area contributed by atoms with Crippen molar-refractivity contribution < 1.29 is 13.2 Å². The van der Waals surface area contributed by atoms with E-state index in [0.717, 1.165) is 5.56 Å². The average molecular weight is 320 g/mol. The summed E-state index contributed by atoms with van der Waals surface area (Å²) in [6, 6.07) is 8.19. The molecule has 0 amide bonds. The lowest BCUT2D eigenvalue weighted by Crippen LogP contribution is -2.17. The molecule has 0 radical (unpaired) electrons. The number of aromatic nitrogens is 1. The van der Waals surface area contributed by atoms with Crippen molar-refractivity contribution in [3.8, 4) is 5.75 Å². The standard InChI is InChI=1S/C16H20N2O3S/c1-16(2,3)14-10-13(7-8-15(14)21-4)22(19,20)18-12-6-5-9-17-11-12/h5-11,18H,1-4H3. The zero-order valence-electron chi connectivity index (χ0n) is 13.1. The third kappa shape index (κ3) is 3.57. The van der Waals surface area contributed by atoms with Gasteiger partial charge in [-0.2, -0.15) is 0 Å². The van der Waals surface area contributed by atoms with Crippen LogP contribution in [0.5, 0.6) is 5.75 Å². The van der Waals surface area contributed by atoms with E-state index < -0.39 is 10.0 Å². The lowest BCUT2D eigenvalue weighted by atomic mass is 9.86. The number of hydrogen-bond acceptors (Lipinski definition) is 4. The predicted molar refractivity (Wildman–Crippen MR) is 86.7 cm³/mol. The number of rotatable bonds is 4. The zero-order valence-corrected chi connectivity index (χ0v) is 13.9. The Morgan fingerprint density at radius 3 is 2.45 bits per heavy atom. The van der Waals surface area contributed by atoms with Crippen molar-refractivity contribution in [2.45, 2.75) is 31.1 Å². The largest absolute Gasteiger partial charge is 0.496 e. The molecule has 0 unspecified atom stereocenters. The van der Waals surface area contributed by atoms with Gasteiger partial charge in [-0.15, -0.1) is 0 Å². The average Bonchev–Trinajstić information content (AvgIpc) is 2.46. The number of methoxy groups -OCH3 is 1. The van der Waals surface area contributed by atoms with Crippen LogP contribution < -0.4 is 9.46 Å². The van der Waals surface area contributed by atoms with Gasteiger partial charge < -0.3 is 4.74 Å². The van der Waals surface area contributed by atoms with Crippen molar-refractivity contribution in [2.24, 2.45) is 0 Å². The van der Waals surface area contributed by atoms with Gasteiger partial charge in [0.1, 0.15) is 5.75 Å². The summed E-state index contributed by atoms with van der Waals surface area (Å²) in [6.45, 7) is 6.03. The predicted octanol–water partition coefficient (Wildman–Crippen LogP) is 3.19. The summed E-state index contributed by atoms with van der Waals surface area (Å²) in [5.74, 6) is 0.674. The van der Waals surface area contributed by atoms with Crippen LogP contribution in [0.2, 0.25) is 0 Å². The van der Waals surface area contributed by atoms with Crippen LogP contribution in [-0.4, -0.2) is 20.5 Å². The Bertz CT molecular complexity index is 751. The van der Waals surface area contributed by atoms with Crippen molar-refractivity contribution in [1.29, 1.82) is 0 Å². The molecule has 1 aromatic carbocycles. The molecule has 6 heteroatoms. The monoisotopic (exact) mass is 320 g/mol. The van der Waals surface area contributed by atoms with Crippen LogP contribution in [0.15, 0.2) is 47.6 Å². The quantitative estimate of drug-likeness (QED) is 0.939. The van der Waals surface area contributed by atoms with E-state index in [2.05, 4.69) is 9.71 Å². The summed E-state index contributed by atoms with van der Waals surface area (Å²) in [6.07, 6.45) is 3.05. The van der Waals surface area contributed by atoms with Gasteiger partial charge in [0.05, 0.1) is 23.9 Å². The molecule has 0 bridgehead atoms. The Morgan fingerprint density at radius 1 is 1.18 bits per heavy atom. The smallest absolute Gasteiger partial charge is 0.261 e. The van der Waals surface area contributed by atoms with Gasteiger partial charge in [-0.3, -0.25) is 9.71 Å². The lowest BCUT2D eigenvalue weighted by molar-refractivity contribution is 0.397. The molecule has 22 heavy (non-hydrogen) atoms. The molecule has 2 aromatic rings. The molecule has 5 nitrogen and oxygen atoms in total. The van der Waals surface area contributed by atoms with E-state index >= 15 is 0 Å². The van der Waals surface area contributed by atoms with Gasteiger partial charge >= 0.3 is 0 Å². The molecule has 0 aliphatic heterocycles. The summed E-state index contributed by atoms with van der Waals surface area (Å²) in [4.78, 5) is 4.10. The van der Waals surface area contributed by atoms with Gasteiger partial charge in [-0.25, -0.2) is 8.42 Å². The van der Waals surface area contributed by atoms with Crippen LogP contribution in [-0.2, 0) is 15.4 Å². The molecular weight excluding hydrogens is 300 g/mol. The van der Waals surface area contributed by atoms with Crippen molar-refractivity contribution >= 4 is 15.7 Å². The minimum atomic E-state index is -3.67. The number of benzene rings is 1. The number of ether oxygens (including phenoxy) is 1. The fourth-order valence-corrected chi connectivity index (χ4v) is 3.15. The molecule has 0 aliphatic carbocycles. The maximum absolute atomic E-state index is 12.5. The molecule has 0 fully saturated rings. The number of nitrogens with one attached hydrogen (secondary N) is 1. The number of hydrogen-bond donors (Lipinski definition) is 1. The van der Waals surface area contributed by atoms with Crippen LogP contribution >= 0.6 is 0 Å². The van der Waals surface area contributed by atoms with E-state index in [1.165, 1.54) is 12.3 Å². The lowest BCUT2D eigenvalue weighted by Gasteiger charge is -2.23. The first kappa shape index (κ1) is 16.3. The highest BCUT2D eigenvalue weighted by molar-refractivity contribution is 7.92. The van der Waals surface area contributed by atoms with Crippen molar-refractivity contribution in [3.05, 3.63) is 48.3 Å². The first-order valence-electron chi connectivity index (χ1n) is 6.85. The Balaban J connectivity index is 2.44. The maximum Gasteiger partial charge on any atom is 0.261 e. The fourth-order valence-electron chi connectivity index (χ4n) is 2.08. The second-order valence-corrected chi connectivity index (χ2v) is 7.64. The van der Waals surface area contributed by atoms with Gasteiger partial charge in [0.15, 0.2) is 0 Å². The van der Waals surface area contributed by atoms with E-state index in [-0.39, 0.29) is 10.3 Å². The number of nitrogens with zero attached hydrogens (tertiary/aromatic N) is 1. The molecule has 118 valence electrons. The molecule has 1 N–H and O–H groups in total. The minimum absolute atomic E-state index is 0.196. The fraction of sp³-hybridized carbons (Fsp3) is 0.312. The van der Waals surface area contributed by atoms with Gasteiger partial charge in [0.25, 0.3) is 10.0 Å². The number of pyridine rings is 1. The molecular formula is C16H20N2O3S. The van der Waals surface area contributed by atoms with Crippen LogP contribution in [0.3, 0.4) is 0 Å². The highest BCUT2D eigenvalue weighted by Crippen LogP contribution is 2.33. The Hall–Kier alpha value is -2.08. The van der Waals surface area contributed by atoms with Crippen molar-refractivity contribution in [3.63, 3.8) is 0 Å². The third-order valence-electron chi connectivity index (χ3n) is 3.20. The number of sulfonamides is 1. The molecule has 0 spiro atoms. The molecule has 0 atom stereocenters. The second kappa shape index (κ2) is 5.96. The Morgan fingerprint density at radius 2 is 1.91 bits per heavy atom. The van der Waals surface area contributed by atoms with Gasteiger partial charge in [-0.1, -0.05) is 20.8 Å². The van der Waals surface area contributed by atoms with Crippen molar-refractivity contribution in [2.75, 3.05) is 11.8 Å². The maximum atomic E-state index is 12.5.